The number of halogens is 1. The van der Waals surface area contributed by atoms with E-state index in [1.807, 2.05) is 6.92 Å². The summed E-state index contributed by atoms with van der Waals surface area (Å²) in [5, 5.41) is 0.402. The Kier molecular flexibility index (Phi) is 5.26. The van der Waals surface area contributed by atoms with Gasteiger partial charge in [-0.25, -0.2) is 13.2 Å². The van der Waals surface area contributed by atoms with E-state index in [2.05, 4.69) is 0 Å². The number of anilines is 1. The van der Waals surface area contributed by atoms with Crippen molar-refractivity contribution < 1.29 is 22.7 Å². The maximum Gasteiger partial charge on any atom is 0.338 e. The van der Waals surface area contributed by atoms with Gasteiger partial charge in [-0.3, -0.25) is 9.10 Å². The molecule has 3 rings (SSSR count). The molecule has 0 amide bonds. The molecule has 2 aromatic rings. The minimum Gasteiger partial charge on any atom is -0.454 e. The Bertz CT molecular complexity index is 1020. The number of Topliss-reactive ketones (excluding diaryl/α,β-unsaturated/α-hetero) is 1. The van der Waals surface area contributed by atoms with Crippen LogP contribution in [0.4, 0.5) is 5.69 Å². The first-order chi connectivity index (χ1) is 12.7. The number of nitrogens with zero attached hydrogens (tertiary/aromatic N) is 1. The average molecular weight is 408 g/mol. The van der Waals surface area contributed by atoms with Crippen molar-refractivity contribution in [2.24, 2.45) is 0 Å². The van der Waals surface area contributed by atoms with Crippen LogP contribution in [0.1, 0.15) is 33.2 Å². The number of carbonyl (C=O) groups is 2. The van der Waals surface area contributed by atoms with Crippen LogP contribution in [0.5, 0.6) is 0 Å². The van der Waals surface area contributed by atoms with Crippen LogP contribution in [0.15, 0.2) is 42.5 Å². The number of ether oxygens (including phenoxy) is 1. The molecule has 0 aromatic heterocycles. The first-order valence-electron chi connectivity index (χ1n) is 8.25. The number of hydrogen-bond acceptors (Lipinski definition) is 5. The number of esters is 1. The van der Waals surface area contributed by atoms with Gasteiger partial charge in [-0.05, 0) is 55.3 Å². The number of ketones is 1. The minimum absolute atomic E-state index is 0.207. The van der Waals surface area contributed by atoms with Gasteiger partial charge in [0, 0.05) is 16.6 Å². The van der Waals surface area contributed by atoms with E-state index in [9.17, 15) is 18.0 Å². The zero-order valence-electron chi connectivity index (χ0n) is 14.8. The van der Waals surface area contributed by atoms with Gasteiger partial charge in [-0.15, -0.1) is 0 Å². The lowest BCUT2D eigenvalue weighted by molar-refractivity contribution is 0.0475. The van der Waals surface area contributed by atoms with Crippen molar-refractivity contribution in [3.63, 3.8) is 0 Å². The fraction of sp³-hybridized carbons (Fsp3) is 0.263. The van der Waals surface area contributed by atoms with Gasteiger partial charge in [0.15, 0.2) is 12.4 Å². The Balaban J connectivity index is 1.72. The Morgan fingerprint density at radius 3 is 2.59 bits per heavy atom. The Labute approximate surface area is 162 Å². The molecular weight excluding hydrogens is 390 g/mol. The first-order valence-corrected chi connectivity index (χ1v) is 10.5. The van der Waals surface area contributed by atoms with Crippen molar-refractivity contribution in [2.45, 2.75) is 19.4 Å². The summed E-state index contributed by atoms with van der Waals surface area (Å²) in [7, 11) is -3.39. The van der Waals surface area contributed by atoms with Gasteiger partial charge in [0.05, 0.1) is 17.5 Å². The van der Waals surface area contributed by atoms with E-state index < -0.39 is 22.6 Å². The van der Waals surface area contributed by atoms with E-state index in [0.717, 1.165) is 11.8 Å². The zero-order chi connectivity index (χ0) is 19.8. The second-order valence-corrected chi connectivity index (χ2v) is 8.76. The van der Waals surface area contributed by atoms with Crippen LogP contribution in [0.3, 0.4) is 0 Å². The molecule has 1 atom stereocenters. The van der Waals surface area contributed by atoms with Gasteiger partial charge in [0.1, 0.15) is 0 Å². The molecule has 8 heteroatoms. The van der Waals surface area contributed by atoms with Gasteiger partial charge < -0.3 is 4.74 Å². The van der Waals surface area contributed by atoms with Crippen molar-refractivity contribution in [3.05, 3.63) is 64.2 Å². The molecule has 0 radical (unpaired) electrons. The van der Waals surface area contributed by atoms with E-state index in [1.165, 1.54) is 10.4 Å². The fourth-order valence-corrected chi connectivity index (χ4v) is 4.65. The molecule has 1 heterocycles. The molecule has 0 N–H and O–H groups in total. The number of carbonyl (C=O) groups excluding carboxylic acids is 2. The molecular formula is C19H18ClNO5S. The lowest BCUT2D eigenvalue weighted by Gasteiger charge is -2.21. The average Bonchev–Trinajstić information content (AvgIpc) is 2.94. The van der Waals surface area contributed by atoms with Crippen molar-refractivity contribution in [1.29, 1.82) is 0 Å². The molecule has 0 saturated heterocycles. The molecule has 2 aromatic carbocycles. The second kappa shape index (κ2) is 7.32. The quantitative estimate of drug-likeness (QED) is 0.562. The smallest absolute Gasteiger partial charge is 0.338 e. The second-order valence-electron chi connectivity index (χ2n) is 6.47. The Hall–Kier alpha value is -2.38. The summed E-state index contributed by atoms with van der Waals surface area (Å²) in [5.41, 5.74) is 1.99. The molecule has 1 aliphatic rings. The summed E-state index contributed by atoms with van der Waals surface area (Å²) in [5.74, 6) is -0.998. The molecule has 6 nitrogen and oxygen atoms in total. The van der Waals surface area contributed by atoms with Crippen molar-refractivity contribution >= 4 is 39.1 Å². The number of benzene rings is 2. The summed E-state index contributed by atoms with van der Waals surface area (Å²) in [4.78, 5) is 24.4. The van der Waals surface area contributed by atoms with E-state index in [0.29, 0.717) is 22.7 Å². The van der Waals surface area contributed by atoms with E-state index in [4.69, 9.17) is 16.3 Å². The summed E-state index contributed by atoms with van der Waals surface area (Å²) >= 11 is 5.84. The highest BCUT2D eigenvalue weighted by Crippen LogP contribution is 2.34. The lowest BCUT2D eigenvalue weighted by atomic mass is 10.0. The standard InChI is InChI=1S/C19H18ClNO5S/c1-12-8-15-9-13(6-7-17(15)21(12)27(2,24)25)18(22)11-26-19(23)14-4-3-5-16(20)10-14/h3-7,9-10,12H,8,11H2,1-2H3/t12-/m0/s1. The molecule has 142 valence electrons. The Morgan fingerprint density at radius 1 is 1.19 bits per heavy atom. The number of sulfonamides is 1. The third-order valence-electron chi connectivity index (χ3n) is 4.31. The van der Waals surface area contributed by atoms with Crippen LogP contribution in [-0.4, -0.2) is 39.1 Å². The van der Waals surface area contributed by atoms with Gasteiger partial charge in [-0.2, -0.15) is 0 Å². The van der Waals surface area contributed by atoms with Crippen LogP contribution >= 0.6 is 11.6 Å². The summed E-state index contributed by atoms with van der Waals surface area (Å²) in [6.45, 7) is 1.41. The number of rotatable bonds is 5. The molecule has 0 unspecified atom stereocenters. The van der Waals surface area contributed by atoms with E-state index >= 15 is 0 Å². The summed E-state index contributed by atoms with van der Waals surface area (Å²) in [6, 6.07) is 10.9. The molecule has 0 aliphatic carbocycles. The maximum absolute atomic E-state index is 12.4. The normalized spacial score (nSPS) is 16.1. The predicted octanol–water partition coefficient (Wildman–Crippen LogP) is 3.09. The molecule has 0 spiro atoms. The topological polar surface area (TPSA) is 80.8 Å². The van der Waals surface area contributed by atoms with E-state index in [1.54, 1.807) is 36.4 Å². The summed E-state index contributed by atoms with van der Waals surface area (Å²) in [6.07, 6.45) is 1.68. The first kappa shape index (κ1) is 19.4. The maximum atomic E-state index is 12.4. The van der Waals surface area contributed by atoms with Gasteiger partial charge in [0.25, 0.3) is 0 Å². The van der Waals surface area contributed by atoms with Crippen molar-refractivity contribution in [1.82, 2.24) is 0 Å². The predicted molar refractivity (Wildman–Crippen MR) is 103 cm³/mol. The largest absolute Gasteiger partial charge is 0.454 e. The molecule has 0 fully saturated rings. The van der Waals surface area contributed by atoms with E-state index in [-0.39, 0.29) is 17.4 Å². The van der Waals surface area contributed by atoms with Gasteiger partial charge in [-0.1, -0.05) is 17.7 Å². The Morgan fingerprint density at radius 2 is 1.93 bits per heavy atom. The van der Waals surface area contributed by atoms with Crippen molar-refractivity contribution in [2.75, 3.05) is 17.2 Å². The lowest BCUT2D eigenvalue weighted by Crippen LogP contribution is -2.34. The third kappa shape index (κ3) is 4.14. The van der Waals surface area contributed by atoms with Crippen LogP contribution in [0.25, 0.3) is 0 Å². The monoisotopic (exact) mass is 407 g/mol. The van der Waals surface area contributed by atoms with Crippen molar-refractivity contribution in [3.8, 4) is 0 Å². The summed E-state index contributed by atoms with van der Waals surface area (Å²) < 4.78 is 30.3. The highest BCUT2D eigenvalue weighted by atomic mass is 35.5. The number of fused-ring (bicyclic) bond motifs is 1. The number of hydrogen-bond donors (Lipinski definition) is 0. The highest BCUT2D eigenvalue weighted by Gasteiger charge is 2.32. The van der Waals surface area contributed by atoms with Crippen LogP contribution in [0.2, 0.25) is 5.02 Å². The minimum atomic E-state index is -3.39. The fourth-order valence-electron chi connectivity index (χ4n) is 3.19. The highest BCUT2D eigenvalue weighted by molar-refractivity contribution is 7.92. The van der Waals surface area contributed by atoms with Crippen LogP contribution in [0, 0.1) is 0 Å². The molecule has 27 heavy (non-hydrogen) atoms. The zero-order valence-corrected chi connectivity index (χ0v) is 16.4. The van der Waals surface area contributed by atoms with Crippen LogP contribution < -0.4 is 4.31 Å². The molecule has 0 saturated carbocycles. The van der Waals surface area contributed by atoms with Crippen LogP contribution in [-0.2, 0) is 21.2 Å². The van der Waals surface area contributed by atoms with Gasteiger partial charge >= 0.3 is 5.97 Å². The SMILES string of the molecule is C[C@H]1Cc2cc(C(=O)COC(=O)c3cccc(Cl)c3)ccc2N1S(C)(=O)=O. The third-order valence-corrected chi connectivity index (χ3v) is 5.81. The van der Waals surface area contributed by atoms with Gasteiger partial charge in [0.2, 0.25) is 10.0 Å². The molecule has 1 aliphatic heterocycles. The molecule has 0 bridgehead atoms.